The van der Waals surface area contributed by atoms with Crippen LogP contribution in [0.2, 0.25) is 0 Å². The monoisotopic (exact) mass is 243 g/mol. The molecule has 3 nitrogen and oxygen atoms in total. The normalized spacial score (nSPS) is 20.3. The van der Waals surface area contributed by atoms with Crippen LogP contribution in [0, 0.1) is 0 Å². The van der Waals surface area contributed by atoms with E-state index in [9.17, 15) is 0 Å². The van der Waals surface area contributed by atoms with Gasteiger partial charge in [-0.1, -0.05) is 24.6 Å². The fourth-order valence-corrected chi connectivity index (χ4v) is 2.76. The van der Waals surface area contributed by atoms with E-state index in [-0.39, 0.29) is 0 Å². The molecule has 2 heterocycles. The van der Waals surface area contributed by atoms with E-state index < -0.39 is 0 Å². The molecular weight excluding hydrogens is 222 g/mol. The van der Waals surface area contributed by atoms with Gasteiger partial charge in [-0.25, -0.2) is 0 Å². The smallest absolute Gasteiger partial charge is 0.0457 e. The van der Waals surface area contributed by atoms with Crippen LogP contribution in [-0.2, 0) is 6.54 Å². The summed E-state index contributed by atoms with van der Waals surface area (Å²) in [5.41, 5.74) is 2.59. The highest BCUT2D eigenvalue weighted by atomic mass is 15.0. The minimum atomic E-state index is 0.656. The van der Waals surface area contributed by atoms with Crippen LogP contribution < -0.4 is 10.6 Å². The Labute approximate surface area is 108 Å². The van der Waals surface area contributed by atoms with Gasteiger partial charge in [-0.3, -0.25) is 0 Å². The number of fused-ring (bicyclic) bond motifs is 1. The third-order valence-electron chi connectivity index (χ3n) is 3.79. The molecule has 1 aliphatic heterocycles. The molecule has 0 spiro atoms. The van der Waals surface area contributed by atoms with Gasteiger partial charge >= 0.3 is 0 Å². The lowest BCUT2D eigenvalue weighted by atomic mass is 10.1. The first-order valence-electron chi connectivity index (χ1n) is 6.92. The number of para-hydroxylation sites is 1. The molecule has 1 atom stereocenters. The minimum absolute atomic E-state index is 0.656. The van der Waals surface area contributed by atoms with Gasteiger partial charge in [0.2, 0.25) is 0 Å². The lowest BCUT2D eigenvalue weighted by Gasteiger charge is -2.23. The molecule has 2 aromatic rings. The lowest BCUT2D eigenvalue weighted by Crippen LogP contribution is -2.41. The van der Waals surface area contributed by atoms with E-state index in [1.54, 1.807) is 0 Å². The summed E-state index contributed by atoms with van der Waals surface area (Å²) in [6, 6.07) is 9.14. The van der Waals surface area contributed by atoms with Gasteiger partial charge in [0.25, 0.3) is 0 Å². The number of piperidine rings is 1. The van der Waals surface area contributed by atoms with Crippen LogP contribution in [-0.4, -0.2) is 24.1 Å². The van der Waals surface area contributed by atoms with Gasteiger partial charge < -0.3 is 15.6 Å². The lowest BCUT2D eigenvalue weighted by molar-refractivity contribution is 0.383. The maximum Gasteiger partial charge on any atom is 0.0457 e. The maximum atomic E-state index is 3.57. The Bertz CT molecular complexity index is 497. The number of rotatable bonds is 4. The second-order valence-electron chi connectivity index (χ2n) is 5.14. The van der Waals surface area contributed by atoms with E-state index >= 15 is 0 Å². The molecule has 0 saturated carbocycles. The fourth-order valence-electron chi connectivity index (χ4n) is 2.76. The third kappa shape index (κ3) is 2.57. The average molecular weight is 243 g/mol. The van der Waals surface area contributed by atoms with Crippen LogP contribution in [0.3, 0.4) is 0 Å². The van der Waals surface area contributed by atoms with Crippen molar-refractivity contribution in [1.82, 2.24) is 15.6 Å². The Balaban J connectivity index is 1.56. The molecule has 96 valence electrons. The first-order chi connectivity index (χ1) is 8.93. The number of hydrogen-bond donors (Lipinski definition) is 3. The summed E-state index contributed by atoms with van der Waals surface area (Å²) in [4.78, 5) is 3.32. The van der Waals surface area contributed by atoms with Crippen molar-refractivity contribution in [2.75, 3.05) is 13.1 Å². The molecular formula is C15H21N3. The molecule has 1 saturated heterocycles. The number of aromatic nitrogens is 1. The van der Waals surface area contributed by atoms with Gasteiger partial charge in [-0.15, -0.1) is 0 Å². The van der Waals surface area contributed by atoms with Gasteiger partial charge in [0.15, 0.2) is 0 Å². The number of aromatic amines is 1. The summed E-state index contributed by atoms with van der Waals surface area (Å²) < 4.78 is 0. The van der Waals surface area contributed by atoms with E-state index in [2.05, 4.69) is 46.1 Å². The Kier molecular flexibility index (Phi) is 3.62. The molecule has 0 amide bonds. The summed E-state index contributed by atoms with van der Waals surface area (Å²) in [6.07, 6.45) is 6.12. The molecule has 3 rings (SSSR count). The summed E-state index contributed by atoms with van der Waals surface area (Å²) in [5.74, 6) is 0. The van der Waals surface area contributed by atoms with Crippen LogP contribution in [0.4, 0.5) is 0 Å². The molecule has 1 fully saturated rings. The van der Waals surface area contributed by atoms with Crippen molar-refractivity contribution in [2.24, 2.45) is 0 Å². The quantitative estimate of drug-likeness (QED) is 0.771. The molecule has 0 bridgehead atoms. The van der Waals surface area contributed by atoms with Crippen LogP contribution in [0.15, 0.2) is 30.5 Å². The molecule has 3 N–H and O–H groups in total. The van der Waals surface area contributed by atoms with Crippen molar-refractivity contribution in [3.05, 3.63) is 36.0 Å². The zero-order chi connectivity index (χ0) is 12.2. The number of benzene rings is 1. The van der Waals surface area contributed by atoms with Crippen molar-refractivity contribution in [3.63, 3.8) is 0 Å². The van der Waals surface area contributed by atoms with E-state index in [0.717, 1.165) is 13.1 Å². The highest BCUT2D eigenvalue weighted by Gasteiger charge is 2.11. The van der Waals surface area contributed by atoms with Crippen molar-refractivity contribution >= 4 is 10.9 Å². The zero-order valence-electron chi connectivity index (χ0n) is 10.7. The number of hydrogen-bond acceptors (Lipinski definition) is 2. The van der Waals surface area contributed by atoms with Crippen LogP contribution in [0.25, 0.3) is 10.9 Å². The molecule has 1 aromatic heterocycles. The number of nitrogens with one attached hydrogen (secondary N) is 3. The van der Waals surface area contributed by atoms with E-state index in [1.165, 1.54) is 42.3 Å². The predicted octanol–water partition coefficient (Wildman–Crippen LogP) is 2.40. The topological polar surface area (TPSA) is 39.8 Å². The SMILES string of the molecule is c1ccc2c(CNCC3CCCCN3)c[nH]c2c1. The molecule has 0 radical (unpaired) electrons. The first-order valence-corrected chi connectivity index (χ1v) is 6.92. The van der Waals surface area contributed by atoms with Gasteiger partial charge in [-0.2, -0.15) is 0 Å². The van der Waals surface area contributed by atoms with Gasteiger partial charge in [0, 0.05) is 36.2 Å². The summed E-state index contributed by atoms with van der Waals surface area (Å²) in [5, 5.41) is 8.47. The third-order valence-corrected chi connectivity index (χ3v) is 3.79. The van der Waals surface area contributed by atoms with Crippen molar-refractivity contribution in [2.45, 2.75) is 31.8 Å². The molecule has 1 aromatic carbocycles. The van der Waals surface area contributed by atoms with Gasteiger partial charge in [-0.05, 0) is 31.0 Å². The maximum absolute atomic E-state index is 3.57. The van der Waals surface area contributed by atoms with Crippen molar-refractivity contribution in [3.8, 4) is 0 Å². The highest BCUT2D eigenvalue weighted by Crippen LogP contribution is 2.17. The van der Waals surface area contributed by atoms with Crippen LogP contribution in [0.1, 0.15) is 24.8 Å². The molecule has 1 unspecified atom stereocenters. The first kappa shape index (κ1) is 11.8. The van der Waals surface area contributed by atoms with Crippen molar-refractivity contribution < 1.29 is 0 Å². The minimum Gasteiger partial charge on any atom is -0.361 e. The Morgan fingerprint density at radius 2 is 2.17 bits per heavy atom. The molecule has 0 aliphatic carbocycles. The van der Waals surface area contributed by atoms with Gasteiger partial charge in [0.05, 0.1) is 0 Å². The summed E-state index contributed by atoms with van der Waals surface area (Å²) >= 11 is 0. The van der Waals surface area contributed by atoms with Crippen LogP contribution >= 0.6 is 0 Å². The highest BCUT2D eigenvalue weighted by molar-refractivity contribution is 5.82. The second-order valence-corrected chi connectivity index (χ2v) is 5.14. The Morgan fingerprint density at radius 3 is 3.06 bits per heavy atom. The average Bonchev–Trinajstić information content (AvgIpc) is 2.84. The summed E-state index contributed by atoms with van der Waals surface area (Å²) in [6.45, 7) is 3.20. The second kappa shape index (κ2) is 5.55. The molecule has 3 heteroatoms. The van der Waals surface area contributed by atoms with E-state index in [0.29, 0.717) is 6.04 Å². The molecule has 18 heavy (non-hydrogen) atoms. The standard InChI is InChI=1S/C15H21N3/c1-2-7-15-14(6-1)12(10-18-15)9-16-11-13-5-3-4-8-17-13/h1-2,6-7,10,13,16-18H,3-5,8-9,11H2. The largest absolute Gasteiger partial charge is 0.361 e. The number of H-pyrrole nitrogens is 1. The zero-order valence-corrected chi connectivity index (χ0v) is 10.7. The summed E-state index contributed by atoms with van der Waals surface area (Å²) in [7, 11) is 0. The Hall–Kier alpha value is -1.32. The molecule has 1 aliphatic rings. The van der Waals surface area contributed by atoms with E-state index in [4.69, 9.17) is 0 Å². The van der Waals surface area contributed by atoms with Crippen LogP contribution in [0.5, 0.6) is 0 Å². The van der Waals surface area contributed by atoms with E-state index in [1.807, 2.05) is 0 Å². The predicted molar refractivity (Wildman–Crippen MR) is 75.6 cm³/mol. The van der Waals surface area contributed by atoms with Gasteiger partial charge in [0.1, 0.15) is 0 Å². The Morgan fingerprint density at radius 1 is 1.22 bits per heavy atom. The van der Waals surface area contributed by atoms with Crippen molar-refractivity contribution in [1.29, 1.82) is 0 Å². The fraction of sp³-hybridized carbons (Fsp3) is 0.467.